The van der Waals surface area contributed by atoms with E-state index in [1.807, 2.05) is 43.3 Å². The molecule has 4 amide bonds. The van der Waals surface area contributed by atoms with Crippen molar-refractivity contribution in [1.29, 1.82) is 0 Å². The van der Waals surface area contributed by atoms with Crippen LogP contribution < -0.4 is 27.0 Å². The highest BCUT2D eigenvalue weighted by atomic mass is 35.5. The maximum Gasteiger partial charge on any atom is 0.319 e. The summed E-state index contributed by atoms with van der Waals surface area (Å²) in [5.74, 6) is -3.35. The Morgan fingerprint density at radius 2 is 1.54 bits per heavy atom. The van der Waals surface area contributed by atoms with Crippen LogP contribution in [0.5, 0.6) is 0 Å². The van der Waals surface area contributed by atoms with E-state index in [1.54, 1.807) is 35.0 Å². The first-order valence-electron chi connectivity index (χ1n) is 18.5. The summed E-state index contributed by atoms with van der Waals surface area (Å²) in [6, 6.07) is 19.8. The van der Waals surface area contributed by atoms with Crippen LogP contribution in [0.3, 0.4) is 0 Å². The van der Waals surface area contributed by atoms with Crippen LogP contribution in [0.1, 0.15) is 54.6 Å². The van der Waals surface area contributed by atoms with Crippen LogP contribution in [-0.2, 0) is 29.1 Å². The van der Waals surface area contributed by atoms with E-state index in [9.17, 15) is 23.2 Å². The van der Waals surface area contributed by atoms with Gasteiger partial charge in [-0.25, -0.2) is 13.6 Å². The van der Waals surface area contributed by atoms with E-state index in [2.05, 4.69) is 26.2 Å². The molecule has 5 aromatic rings. The molecule has 56 heavy (non-hydrogen) atoms. The summed E-state index contributed by atoms with van der Waals surface area (Å²) < 4.78 is 29.9. The van der Waals surface area contributed by atoms with Crippen LogP contribution in [0.4, 0.5) is 19.3 Å². The molecule has 0 unspecified atom stereocenters. The maximum absolute atomic E-state index is 14.2. The maximum atomic E-state index is 14.2. The Morgan fingerprint density at radius 3 is 2.23 bits per heavy atom. The minimum absolute atomic E-state index is 0.0847. The van der Waals surface area contributed by atoms with Crippen molar-refractivity contribution in [2.75, 3.05) is 25.0 Å². The van der Waals surface area contributed by atoms with Crippen molar-refractivity contribution in [1.82, 2.24) is 30.6 Å². The van der Waals surface area contributed by atoms with Gasteiger partial charge in [0.15, 0.2) is 11.6 Å². The SMILES string of the molecule is C[C@@H](NC(=O)[C@H](CCN)NC(=O)[C@H](Cc1ccc(F)c(F)c1)NC(=O)Nc1ccc2c(CN3CCCC3)nn(Cc3c(Cl)cccc3Cl)c2c1)c1ccccc1. The third-order valence-electron chi connectivity index (χ3n) is 9.82. The van der Waals surface area contributed by atoms with Crippen LogP contribution in [0.25, 0.3) is 10.9 Å². The summed E-state index contributed by atoms with van der Waals surface area (Å²) in [6.45, 7) is 4.80. The molecule has 4 aromatic carbocycles. The van der Waals surface area contributed by atoms with E-state index < -0.39 is 41.6 Å². The van der Waals surface area contributed by atoms with Gasteiger partial charge >= 0.3 is 6.03 Å². The molecule has 2 heterocycles. The predicted octanol–water partition coefficient (Wildman–Crippen LogP) is 6.71. The zero-order chi connectivity index (χ0) is 39.8. The number of carbonyl (C=O) groups excluding carboxylic acids is 3. The monoisotopic (exact) mass is 804 g/mol. The number of fused-ring (bicyclic) bond motifs is 1. The molecule has 1 fully saturated rings. The van der Waals surface area contributed by atoms with Crippen molar-refractivity contribution in [2.45, 2.75) is 63.8 Å². The van der Waals surface area contributed by atoms with Gasteiger partial charge in [0, 0.05) is 39.6 Å². The van der Waals surface area contributed by atoms with E-state index in [1.165, 1.54) is 6.07 Å². The quantitative estimate of drug-likeness (QED) is 0.0796. The van der Waals surface area contributed by atoms with Crippen molar-refractivity contribution in [3.8, 4) is 0 Å². The summed E-state index contributed by atoms with van der Waals surface area (Å²) in [7, 11) is 0. The minimum atomic E-state index is -1.30. The Bertz CT molecular complexity index is 2160. The molecule has 1 aliphatic rings. The molecule has 6 N–H and O–H groups in total. The fourth-order valence-electron chi connectivity index (χ4n) is 6.83. The standard InChI is InChI=1S/C41H44Cl2F2N8O3/c1-25(27-8-3-2-4-9-27)47-39(54)35(16-17-46)49-40(55)36(21-26-12-15-33(44)34(45)20-26)50-41(56)48-28-13-14-29-37(24-52-18-5-6-19-52)51-53(38(29)22-28)23-30-31(42)10-7-11-32(30)43/h2-4,7-15,20,22,25,35-36H,5-6,16-19,21,23-24,46H2,1H3,(H,47,54)(H,49,55)(H2,48,50,56)/t25-,35+,36+/m1/s1. The number of hydrogen-bond donors (Lipinski definition) is 5. The highest BCUT2D eigenvalue weighted by Gasteiger charge is 2.28. The minimum Gasteiger partial charge on any atom is -0.348 e. The number of hydrogen-bond acceptors (Lipinski definition) is 6. The molecule has 0 radical (unpaired) electrons. The molecule has 6 rings (SSSR count). The van der Waals surface area contributed by atoms with Gasteiger partial charge in [0.1, 0.15) is 12.1 Å². The summed E-state index contributed by atoms with van der Waals surface area (Å²) in [5.41, 5.74) is 9.63. The summed E-state index contributed by atoms with van der Waals surface area (Å²) in [5, 5.41) is 17.9. The molecule has 3 atom stereocenters. The third-order valence-corrected chi connectivity index (χ3v) is 10.5. The van der Waals surface area contributed by atoms with Crippen molar-refractivity contribution >= 4 is 57.6 Å². The van der Waals surface area contributed by atoms with Gasteiger partial charge in [-0.05, 0) is 99.4 Å². The largest absolute Gasteiger partial charge is 0.348 e. The molecule has 0 spiro atoms. The predicted molar refractivity (Wildman–Crippen MR) is 214 cm³/mol. The van der Waals surface area contributed by atoms with E-state index in [4.69, 9.17) is 34.0 Å². The number of anilines is 1. The highest BCUT2D eigenvalue weighted by Crippen LogP contribution is 2.30. The van der Waals surface area contributed by atoms with E-state index in [0.29, 0.717) is 27.8 Å². The molecule has 1 aromatic heterocycles. The van der Waals surface area contributed by atoms with Gasteiger partial charge < -0.3 is 27.0 Å². The molecule has 0 aliphatic carbocycles. The average molecular weight is 806 g/mol. The lowest BCUT2D eigenvalue weighted by molar-refractivity contribution is -0.130. The number of halogens is 4. The summed E-state index contributed by atoms with van der Waals surface area (Å²) in [4.78, 5) is 43.2. The van der Waals surface area contributed by atoms with Crippen LogP contribution in [0.2, 0.25) is 10.0 Å². The van der Waals surface area contributed by atoms with Gasteiger partial charge in [0.05, 0.1) is 23.8 Å². The Labute approximate surface area is 333 Å². The molecule has 0 saturated carbocycles. The Balaban J connectivity index is 1.23. The lowest BCUT2D eigenvalue weighted by Crippen LogP contribution is -2.55. The van der Waals surface area contributed by atoms with Crippen molar-refractivity contribution in [3.63, 3.8) is 0 Å². The molecule has 11 nitrogen and oxygen atoms in total. The number of amides is 4. The number of benzene rings is 4. The number of likely N-dealkylation sites (tertiary alicyclic amines) is 1. The molecule has 1 saturated heterocycles. The van der Waals surface area contributed by atoms with Gasteiger partial charge in [-0.1, -0.05) is 65.7 Å². The van der Waals surface area contributed by atoms with Crippen LogP contribution in [0.15, 0.2) is 84.9 Å². The zero-order valence-corrected chi connectivity index (χ0v) is 32.3. The first kappa shape index (κ1) is 40.6. The number of nitrogens with two attached hydrogens (primary N) is 1. The highest BCUT2D eigenvalue weighted by molar-refractivity contribution is 6.36. The van der Waals surface area contributed by atoms with Gasteiger partial charge in [0.2, 0.25) is 11.8 Å². The normalized spacial score (nSPS) is 14.6. The first-order chi connectivity index (χ1) is 27.0. The second-order valence-electron chi connectivity index (χ2n) is 13.9. The topological polar surface area (TPSA) is 146 Å². The zero-order valence-electron chi connectivity index (χ0n) is 30.8. The van der Waals surface area contributed by atoms with Gasteiger partial charge in [-0.15, -0.1) is 0 Å². The van der Waals surface area contributed by atoms with E-state index in [0.717, 1.165) is 60.2 Å². The number of nitrogens with zero attached hydrogens (tertiary/aromatic N) is 3. The molecule has 15 heteroatoms. The van der Waals surface area contributed by atoms with Crippen LogP contribution >= 0.6 is 23.2 Å². The fraction of sp³-hybridized carbons (Fsp3) is 0.317. The Kier molecular flexibility index (Phi) is 13.6. The molecular formula is C41H44Cl2F2N8O3. The van der Waals surface area contributed by atoms with Crippen molar-refractivity contribution in [3.05, 3.63) is 129 Å². The van der Waals surface area contributed by atoms with Crippen molar-refractivity contribution < 1.29 is 23.2 Å². The van der Waals surface area contributed by atoms with E-state index in [-0.39, 0.29) is 37.5 Å². The number of carbonyl (C=O) groups is 3. The molecule has 0 bridgehead atoms. The molecule has 294 valence electrons. The third kappa shape index (κ3) is 10.2. The van der Waals surface area contributed by atoms with E-state index >= 15 is 0 Å². The summed E-state index contributed by atoms with van der Waals surface area (Å²) in [6.07, 6.45) is 2.15. The van der Waals surface area contributed by atoms with Gasteiger partial charge in [-0.3, -0.25) is 19.2 Å². The van der Waals surface area contributed by atoms with Crippen molar-refractivity contribution in [2.24, 2.45) is 5.73 Å². The number of urea groups is 1. The fourth-order valence-corrected chi connectivity index (χ4v) is 7.34. The Hall–Kier alpha value is -5.08. The molecule has 1 aliphatic heterocycles. The molecular weight excluding hydrogens is 761 g/mol. The van der Waals surface area contributed by atoms with Gasteiger partial charge in [-0.2, -0.15) is 5.10 Å². The smallest absolute Gasteiger partial charge is 0.319 e. The number of nitrogens with one attached hydrogen (secondary N) is 4. The summed E-state index contributed by atoms with van der Waals surface area (Å²) >= 11 is 13.1. The lowest BCUT2D eigenvalue weighted by atomic mass is 10.0. The van der Waals surface area contributed by atoms with Gasteiger partial charge in [0.25, 0.3) is 0 Å². The second-order valence-corrected chi connectivity index (χ2v) is 14.7. The number of aromatic nitrogens is 2. The first-order valence-corrected chi connectivity index (χ1v) is 19.3. The lowest BCUT2D eigenvalue weighted by Gasteiger charge is -2.24. The Morgan fingerprint density at radius 1 is 0.821 bits per heavy atom. The second kappa shape index (κ2) is 18.7. The van der Waals surface area contributed by atoms with Crippen LogP contribution in [-0.4, -0.2) is 64.2 Å². The average Bonchev–Trinajstić information content (AvgIpc) is 3.82. The number of rotatable bonds is 15. The van der Waals surface area contributed by atoms with Crippen LogP contribution in [0, 0.1) is 11.6 Å².